The molecule has 1 aliphatic heterocycles. The topological polar surface area (TPSA) is 41.9 Å². The molecule has 2 rings (SSSR count). The molecule has 0 radical (unpaired) electrons. The molecular formula is C15H29NO3. The third-order valence-electron chi connectivity index (χ3n) is 4.04. The SMILES string of the molecule is C[C@@H]1CN(C[C@H](O)COC2CCCCC2)C[C@@H](C)O1. The summed E-state index contributed by atoms with van der Waals surface area (Å²) in [6.45, 7) is 7.17. The van der Waals surface area contributed by atoms with Gasteiger partial charge in [-0.3, -0.25) is 4.90 Å². The van der Waals surface area contributed by atoms with E-state index in [4.69, 9.17) is 9.47 Å². The summed E-state index contributed by atoms with van der Waals surface area (Å²) in [6.07, 6.45) is 6.75. The third-order valence-corrected chi connectivity index (χ3v) is 4.04. The first-order chi connectivity index (χ1) is 9.13. The molecule has 1 heterocycles. The lowest BCUT2D eigenvalue weighted by atomic mass is 9.98. The quantitative estimate of drug-likeness (QED) is 0.828. The van der Waals surface area contributed by atoms with E-state index in [9.17, 15) is 5.11 Å². The molecule has 1 aliphatic carbocycles. The van der Waals surface area contributed by atoms with Gasteiger partial charge in [-0.05, 0) is 26.7 Å². The lowest BCUT2D eigenvalue weighted by Gasteiger charge is -2.36. The lowest BCUT2D eigenvalue weighted by molar-refractivity contribution is -0.0873. The number of aliphatic hydroxyl groups excluding tert-OH is 1. The Bertz CT molecular complexity index is 246. The van der Waals surface area contributed by atoms with E-state index in [0.29, 0.717) is 19.3 Å². The van der Waals surface area contributed by atoms with Gasteiger partial charge in [0.05, 0.1) is 31.0 Å². The van der Waals surface area contributed by atoms with E-state index in [1.54, 1.807) is 0 Å². The first-order valence-electron chi connectivity index (χ1n) is 7.81. The zero-order valence-corrected chi connectivity index (χ0v) is 12.4. The average molecular weight is 271 g/mol. The Labute approximate surface area is 117 Å². The fourth-order valence-corrected chi connectivity index (χ4v) is 3.26. The fourth-order valence-electron chi connectivity index (χ4n) is 3.26. The molecule has 1 saturated carbocycles. The Morgan fingerprint density at radius 1 is 1.16 bits per heavy atom. The number of hydrogen-bond donors (Lipinski definition) is 1. The van der Waals surface area contributed by atoms with Crippen LogP contribution >= 0.6 is 0 Å². The van der Waals surface area contributed by atoms with Gasteiger partial charge >= 0.3 is 0 Å². The Hall–Kier alpha value is -0.160. The molecule has 19 heavy (non-hydrogen) atoms. The minimum absolute atomic E-state index is 0.259. The van der Waals surface area contributed by atoms with Crippen molar-refractivity contribution >= 4 is 0 Å². The normalized spacial score (nSPS) is 32.4. The number of rotatable bonds is 5. The van der Waals surface area contributed by atoms with Crippen LogP contribution in [0.2, 0.25) is 0 Å². The van der Waals surface area contributed by atoms with Crippen LogP contribution in [-0.2, 0) is 9.47 Å². The largest absolute Gasteiger partial charge is 0.389 e. The van der Waals surface area contributed by atoms with Crippen molar-refractivity contribution in [1.82, 2.24) is 4.90 Å². The molecule has 0 amide bonds. The molecule has 0 unspecified atom stereocenters. The zero-order valence-electron chi connectivity index (χ0n) is 12.4. The molecule has 0 bridgehead atoms. The smallest absolute Gasteiger partial charge is 0.0900 e. The predicted octanol–water partition coefficient (Wildman–Crippen LogP) is 1.81. The van der Waals surface area contributed by atoms with Crippen LogP contribution in [0.5, 0.6) is 0 Å². The number of nitrogens with zero attached hydrogens (tertiary/aromatic N) is 1. The van der Waals surface area contributed by atoms with Crippen LogP contribution in [0.4, 0.5) is 0 Å². The molecule has 2 fully saturated rings. The predicted molar refractivity (Wildman–Crippen MR) is 75.3 cm³/mol. The summed E-state index contributed by atoms with van der Waals surface area (Å²) in [5.41, 5.74) is 0. The fraction of sp³-hybridized carbons (Fsp3) is 1.00. The average Bonchev–Trinajstić information content (AvgIpc) is 2.36. The molecule has 0 aromatic rings. The van der Waals surface area contributed by atoms with E-state index >= 15 is 0 Å². The summed E-state index contributed by atoms with van der Waals surface area (Å²) >= 11 is 0. The van der Waals surface area contributed by atoms with E-state index in [2.05, 4.69) is 18.7 Å². The number of aliphatic hydroxyl groups is 1. The van der Waals surface area contributed by atoms with Crippen molar-refractivity contribution in [2.45, 2.75) is 70.4 Å². The number of morpholine rings is 1. The minimum Gasteiger partial charge on any atom is -0.389 e. The molecule has 0 aromatic carbocycles. The molecule has 3 atom stereocenters. The van der Waals surface area contributed by atoms with Gasteiger partial charge < -0.3 is 14.6 Å². The van der Waals surface area contributed by atoms with E-state index in [1.807, 2.05) is 0 Å². The monoisotopic (exact) mass is 271 g/mol. The van der Waals surface area contributed by atoms with Crippen LogP contribution in [0.25, 0.3) is 0 Å². The van der Waals surface area contributed by atoms with Crippen molar-refractivity contribution in [3.05, 3.63) is 0 Å². The summed E-state index contributed by atoms with van der Waals surface area (Å²) in [7, 11) is 0. The number of ether oxygens (including phenoxy) is 2. The summed E-state index contributed by atoms with van der Waals surface area (Å²) in [5, 5.41) is 10.1. The summed E-state index contributed by atoms with van der Waals surface area (Å²) in [5.74, 6) is 0. The molecule has 112 valence electrons. The Morgan fingerprint density at radius 3 is 2.42 bits per heavy atom. The Balaban J connectivity index is 1.64. The van der Waals surface area contributed by atoms with Gasteiger partial charge in [-0.15, -0.1) is 0 Å². The van der Waals surface area contributed by atoms with Gasteiger partial charge in [-0.1, -0.05) is 19.3 Å². The van der Waals surface area contributed by atoms with Crippen molar-refractivity contribution in [2.75, 3.05) is 26.2 Å². The van der Waals surface area contributed by atoms with Gasteiger partial charge in [0.25, 0.3) is 0 Å². The summed E-state index contributed by atoms with van der Waals surface area (Å²) < 4.78 is 11.5. The highest BCUT2D eigenvalue weighted by Crippen LogP contribution is 2.20. The van der Waals surface area contributed by atoms with E-state index in [0.717, 1.165) is 13.1 Å². The first kappa shape index (κ1) is 15.2. The maximum Gasteiger partial charge on any atom is 0.0900 e. The zero-order chi connectivity index (χ0) is 13.7. The molecule has 4 nitrogen and oxygen atoms in total. The second kappa shape index (κ2) is 7.58. The second-order valence-corrected chi connectivity index (χ2v) is 6.22. The molecule has 1 saturated heterocycles. The van der Waals surface area contributed by atoms with Gasteiger partial charge in [0.15, 0.2) is 0 Å². The number of β-amino-alcohol motifs (C(OH)–C–C–N with tert-alkyl or cyclic N) is 1. The summed E-state index contributed by atoms with van der Waals surface area (Å²) in [4.78, 5) is 2.29. The van der Waals surface area contributed by atoms with Gasteiger partial charge in [-0.2, -0.15) is 0 Å². The molecule has 0 spiro atoms. The van der Waals surface area contributed by atoms with Crippen LogP contribution in [0, 0.1) is 0 Å². The van der Waals surface area contributed by atoms with Gasteiger partial charge in [0.2, 0.25) is 0 Å². The highest BCUT2D eigenvalue weighted by Gasteiger charge is 2.24. The number of hydrogen-bond acceptors (Lipinski definition) is 4. The van der Waals surface area contributed by atoms with Crippen molar-refractivity contribution in [2.24, 2.45) is 0 Å². The van der Waals surface area contributed by atoms with Crippen molar-refractivity contribution in [1.29, 1.82) is 0 Å². The maximum atomic E-state index is 10.1. The van der Waals surface area contributed by atoms with Crippen LogP contribution in [0.1, 0.15) is 46.0 Å². The highest BCUT2D eigenvalue weighted by atomic mass is 16.5. The standard InChI is InChI=1S/C15H29NO3/c1-12-8-16(9-13(2)19-12)10-14(17)11-18-15-6-4-3-5-7-15/h12-15,17H,3-11H2,1-2H3/t12-,13-,14+/m1/s1. The second-order valence-electron chi connectivity index (χ2n) is 6.22. The van der Waals surface area contributed by atoms with Gasteiger partial charge in [0, 0.05) is 19.6 Å². The molecule has 2 aliphatic rings. The third kappa shape index (κ3) is 5.38. The maximum absolute atomic E-state index is 10.1. The Morgan fingerprint density at radius 2 is 1.79 bits per heavy atom. The molecule has 4 heteroatoms. The van der Waals surface area contributed by atoms with E-state index in [1.165, 1.54) is 32.1 Å². The molecular weight excluding hydrogens is 242 g/mol. The molecule has 0 aromatic heterocycles. The molecule has 1 N–H and O–H groups in total. The van der Waals surface area contributed by atoms with Gasteiger partial charge in [0.1, 0.15) is 0 Å². The van der Waals surface area contributed by atoms with Crippen molar-refractivity contribution in [3.63, 3.8) is 0 Å². The minimum atomic E-state index is -0.376. The van der Waals surface area contributed by atoms with E-state index < -0.39 is 0 Å². The van der Waals surface area contributed by atoms with Crippen LogP contribution < -0.4 is 0 Å². The van der Waals surface area contributed by atoms with Crippen LogP contribution in [0.3, 0.4) is 0 Å². The summed E-state index contributed by atoms with van der Waals surface area (Å²) in [6, 6.07) is 0. The van der Waals surface area contributed by atoms with Crippen molar-refractivity contribution < 1.29 is 14.6 Å². The van der Waals surface area contributed by atoms with Crippen LogP contribution in [-0.4, -0.2) is 60.7 Å². The van der Waals surface area contributed by atoms with Crippen LogP contribution in [0.15, 0.2) is 0 Å². The van der Waals surface area contributed by atoms with Gasteiger partial charge in [-0.25, -0.2) is 0 Å². The lowest BCUT2D eigenvalue weighted by Crippen LogP contribution is -2.48. The van der Waals surface area contributed by atoms with Crippen molar-refractivity contribution in [3.8, 4) is 0 Å². The Kier molecular flexibility index (Phi) is 6.07. The first-order valence-corrected chi connectivity index (χ1v) is 7.81. The highest BCUT2D eigenvalue weighted by molar-refractivity contribution is 4.75. The van der Waals surface area contributed by atoms with E-state index in [-0.39, 0.29) is 18.3 Å².